The first-order valence-electron chi connectivity index (χ1n) is 14.1. The van der Waals surface area contributed by atoms with Crippen LogP contribution in [0.5, 0.6) is 0 Å². The Kier molecular flexibility index (Phi) is 13.2. The molecule has 0 aliphatic carbocycles. The lowest BCUT2D eigenvalue weighted by molar-refractivity contribution is -0.344. The summed E-state index contributed by atoms with van der Waals surface area (Å²) < 4.78 is 44.6. The van der Waals surface area contributed by atoms with Gasteiger partial charge >= 0.3 is 23.9 Å². The van der Waals surface area contributed by atoms with Crippen LogP contribution < -0.4 is 5.32 Å². The first kappa shape index (κ1) is 35.8. The van der Waals surface area contributed by atoms with E-state index in [9.17, 15) is 34.2 Å². The molecule has 0 unspecified atom stereocenters. The Bertz CT molecular complexity index is 1180. The molecule has 0 saturated carbocycles. The Morgan fingerprint density at radius 1 is 0.733 bits per heavy atom. The largest absolute Gasteiger partial charge is 0.463 e. The first-order chi connectivity index (χ1) is 21.3. The minimum Gasteiger partial charge on any atom is -0.463 e. The number of aliphatic hydroxyl groups excluding tert-OH is 2. The van der Waals surface area contributed by atoms with Crippen molar-refractivity contribution in [3.63, 3.8) is 0 Å². The standard InChI is InChI=1S/C29H39NO15/c1-14(31)30-22-25(23(36)20(43-28(22)37)12-38-11-19-9-7-6-8-10-19)45-29-27(42-18(5)35)26(41-17(4)34)24(40-16(3)33)21(44-29)13-39-15(2)32/h6-10,20-29,36-37H,11-13H2,1-5H3,(H,30,31)/t20-,21-,22-,23-,24-,25-,26+,27-,28-,29+/m1/s1. The van der Waals surface area contributed by atoms with E-state index in [2.05, 4.69) is 5.32 Å². The van der Waals surface area contributed by atoms with Gasteiger partial charge in [-0.3, -0.25) is 24.0 Å². The van der Waals surface area contributed by atoms with Gasteiger partial charge in [0.25, 0.3) is 0 Å². The van der Waals surface area contributed by atoms with Gasteiger partial charge in [-0.05, 0) is 5.56 Å². The Labute approximate surface area is 259 Å². The molecule has 0 spiro atoms. The van der Waals surface area contributed by atoms with Gasteiger partial charge in [0.1, 0.15) is 37.1 Å². The molecule has 2 saturated heterocycles. The second kappa shape index (κ2) is 16.6. The van der Waals surface area contributed by atoms with Crippen molar-refractivity contribution in [2.75, 3.05) is 13.2 Å². The lowest BCUT2D eigenvalue weighted by Gasteiger charge is -2.48. The van der Waals surface area contributed by atoms with Crippen LogP contribution in [0.1, 0.15) is 40.2 Å². The smallest absolute Gasteiger partial charge is 0.303 e. The normalized spacial score (nSPS) is 31.3. The van der Waals surface area contributed by atoms with Gasteiger partial charge in [-0.15, -0.1) is 0 Å². The Balaban J connectivity index is 1.95. The first-order valence-corrected chi connectivity index (χ1v) is 14.1. The van der Waals surface area contributed by atoms with Crippen molar-refractivity contribution in [1.29, 1.82) is 0 Å². The molecule has 3 N–H and O–H groups in total. The molecule has 0 radical (unpaired) electrons. The van der Waals surface area contributed by atoms with E-state index in [0.717, 1.165) is 33.3 Å². The van der Waals surface area contributed by atoms with Crippen LogP contribution in [-0.2, 0) is 68.5 Å². The van der Waals surface area contributed by atoms with Crippen molar-refractivity contribution in [2.45, 2.75) is 103 Å². The number of aliphatic hydroxyl groups is 2. The third kappa shape index (κ3) is 10.4. The predicted octanol–water partition coefficient (Wildman–Crippen LogP) is -0.746. The molecule has 16 heteroatoms. The van der Waals surface area contributed by atoms with Gasteiger partial charge in [0.05, 0.1) is 13.2 Å². The molecule has 2 heterocycles. The number of nitrogens with one attached hydrogen (secondary N) is 1. The van der Waals surface area contributed by atoms with Gasteiger partial charge in [-0.25, -0.2) is 0 Å². The van der Waals surface area contributed by atoms with Crippen LogP contribution in [0.3, 0.4) is 0 Å². The highest BCUT2D eigenvalue weighted by Gasteiger charge is 2.55. The second-order valence-corrected chi connectivity index (χ2v) is 10.5. The Morgan fingerprint density at radius 3 is 1.91 bits per heavy atom. The molecule has 3 rings (SSSR count). The number of benzene rings is 1. The topological polar surface area (TPSA) is 212 Å². The summed E-state index contributed by atoms with van der Waals surface area (Å²) in [5.74, 6) is -3.86. The molecule has 2 fully saturated rings. The summed E-state index contributed by atoms with van der Waals surface area (Å²) >= 11 is 0. The quantitative estimate of drug-likeness (QED) is 0.189. The molecule has 2 aliphatic rings. The summed E-state index contributed by atoms with van der Waals surface area (Å²) in [5, 5.41) is 24.7. The van der Waals surface area contributed by atoms with E-state index >= 15 is 0 Å². The van der Waals surface area contributed by atoms with E-state index in [0.29, 0.717) is 0 Å². The highest BCUT2D eigenvalue weighted by molar-refractivity contribution is 5.73. The fourth-order valence-corrected chi connectivity index (χ4v) is 4.94. The van der Waals surface area contributed by atoms with Crippen molar-refractivity contribution in [2.24, 2.45) is 0 Å². The number of ether oxygens (including phenoxy) is 8. The van der Waals surface area contributed by atoms with Crippen molar-refractivity contribution < 1.29 is 72.1 Å². The zero-order valence-electron chi connectivity index (χ0n) is 25.5. The molecule has 0 aromatic heterocycles. The van der Waals surface area contributed by atoms with Crippen LogP contribution in [0.2, 0.25) is 0 Å². The monoisotopic (exact) mass is 641 g/mol. The Hall–Kier alpha value is -3.67. The SMILES string of the molecule is CC(=O)N[C@@H]1[C@@H](O[C@@H]2O[C@H](COC(C)=O)[C@@H](OC(C)=O)[C@H](OC(C)=O)[C@H]2OC(C)=O)[C@H](O)[C@@H](COCc2ccccc2)O[C@H]1O. The minimum atomic E-state index is -1.71. The van der Waals surface area contributed by atoms with E-state index in [1.165, 1.54) is 6.92 Å². The molecule has 16 nitrogen and oxygen atoms in total. The molecular weight excluding hydrogens is 602 g/mol. The summed E-state index contributed by atoms with van der Waals surface area (Å²) in [5.41, 5.74) is 0.838. The van der Waals surface area contributed by atoms with Crippen LogP contribution in [0.4, 0.5) is 0 Å². The van der Waals surface area contributed by atoms with Crippen molar-refractivity contribution >= 4 is 29.8 Å². The summed E-state index contributed by atoms with van der Waals surface area (Å²) in [6, 6.07) is 7.76. The van der Waals surface area contributed by atoms with Gasteiger partial charge in [-0.1, -0.05) is 30.3 Å². The average Bonchev–Trinajstić information content (AvgIpc) is 2.94. The fraction of sp³-hybridized carbons (Fsp3) is 0.621. The van der Waals surface area contributed by atoms with Crippen LogP contribution in [-0.4, -0.2) is 115 Å². The maximum atomic E-state index is 12.2. The second-order valence-electron chi connectivity index (χ2n) is 10.5. The summed E-state index contributed by atoms with van der Waals surface area (Å²) in [6.45, 7) is 4.92. The maximum Gasteiger partial charge on any atom is 0.303 e. The number of esters is 4. The molecule has 1 aromatic carbocycles. The molecule has 10 atom stereocenters. The zero-order valence-corrected chi connectivity index (χ0v) is 25.5. The van der Waals surface area contributed by atoms with Crippen molar-refractivity contribution in [1.82, 2.24) is 5.32 Å². The minimum absolute atomic E-state index is 0.157. The van der Waals surface area contributed by atoms with E-state index in [1.54, 1.807) is 0 Å². The molecule has 1 amide bonds. The van der Waals surface area contributed by atoms with Crippen LogP contribution in [0.25, 0.3) is 0 Å². The average molecular weight is 642 g/mol. The van der Waals surface area contributed by atoms with Crippen LogP contribution in [0, 0.1) is 0 Å². The molecule has 1 aromatic rings. The maximum absolute atomic E-state index is 12.2. The van der Waals surface area contributed by atoms with Gasteiger partial charge in [0, 0.05) is 34.6 Å². The van der Waals surface area contributed by atoms with Crippen LogP contribution in [0.15, 0.2) is 30.3 Å². The van der Waals surface area contributed by atoms with Gasteiger partial charge in [0.15, 0.2) is 30.9 Å². The lowest BCUT2D eigenvalue weighted by atomic mass is 9.95. The lowest BCUT2D eigenvalue weighted by Crippen LogP contribution is -2.68. The Morgan fingerprint density at radius 2 is 1.33 bits per heavy atom. The van der Waals surface area contributed by atoms with Crippen LogP contribution >= 0.6 is 0 Å². The van der Waals surface area contributed by atoms with E-state index in [-0.39, 0.29) is 13.2 Å². The number of rotatable bonds is 12. The van der Waals surface area contributed by atoms with Gasteiger partial charge < -0.3 is 53.4 Å². The molecule has 2 aliphatic heterocycles. The van der Waals surface area contributed by atoms with Gasteiger partial charge in [0.2, 0.25) is 5.91 Å². The molecule has 45 heavy (non-hydrogen) atoms. The third-order valence-corrected chi connectivity index (χ3v) is 6.70. The third-order valence-electron chi connectivity index (χ3n) is 6.70. The van der Waals surface area contributed by atoms with E-state index in [4.69, 9.17) is 37.9 Å². The number of hydrogen-bond acceptors (Lipinski definition) is 15. The number of carbonyl (C=O) groups is 5. The molecule has 0 bridgehead atoms. The number of carbonyl (C=O) groups excluding carboxylic acids is 5. The predicted molar refractivity (Wildman–Crippen MR) is 147 cm³/mol. The summed E-state index contributed by atoms with van der Waals surface area (Å²) in [7, 11) is 0. The molecular formula is C29H39NO15. The van der Waals surface area contributed by atoms with E-state index in [1.807, 2.05) is 30.3 Å². The zero-order chi connectivity index (χ0) is 33.3. The number of amides is 1. The highest BCUT2D eigenvalue weighted by Crippen LogP contribution is 2.33. The summed E-state index contributed by atoms with van der Waals surface area (Å²) in [6.07, 6.45) is -13.6. The highest BCUT2D eigenvalue weighted by atomic mass is 16.7. The number of hydrogen-bond donors (Lipinski definition) is 3. The van der Waals surface area contributed by atoms with Gasteiger partial charge in [-0.2, -0.15) is 0 Å². The van der Waals surface area contributed by atoms with Crippen molar-refractivity contribution in [3.05, 3.63) is 35.9 Å². The van der Waals surface area contributed by atoms with Crippen molar-refractivity contribution in [3.8, 4) is 0 Å². The van der Waals surface area contributed by atoms with E-state index < -0.39 is 97.7 Å². The summed E-state index contributed by atoms with van der Waals surface area (Å²) in [4.78, 5) is 60.0. The molecule has 250 valence electrons. The fourth-order valence-electron chi connectivity index (χ4n) is 4.94.